The second-order valence-electron chi connectivity index (χ2n) is 8.15. The number of thiazole rings is 1. The van der Waals surface area contributed by atoms with Crippen molar-refractivity contribution in [3.63, 3.8) is 0 Å². The summed E-state index contributed by atoms with van der Waals surface area (Å²) in [5.74, 6) is 1.33. The van der Waals surface area contributed by atoms with Crippen LogP contribution in [-0.2, 0) is 22.4 Å². The molecular weight excluding hydrogens is 450 g/mol. The van der Waals surface area contributed by atoms with E-state index in [1.54, 1.807) is 25.6 Å². The van der Waals surface area contributed by atoms with Crippen LogP contribution in [0.2, 0.25) is 0 Å². The van der Waals surface area contributed by atoms with Crippen LogP contribution in [0.25, 0.3) is 0 Å². The summed E-state index contributed by atoms with van der Waals surface area (Å²) < 4.78 is 16.4. The van der Waals surface area contributed by atoms with Gasteiger partial charge in [-0.1, -0.05) is 36.4 Å². The fraction of sp³-hybridized carbons (Fsp3) is 0.385. The second-order valence-corrected chi connectivity index (χ2v) is 9.10. The zero-order valence-corrected chi connectivity index (χ0v) is 20.5. The van der Waals surface area contributed by atoms with Crippen LogP contribution in [0.5, 0.6) is 11.5 Å². The molecule has 1 unspecified atom stereocenters. The SMILES string of the molecule is COc1ccc(C(CNC(=O)Cc2csc(Cc3ccccc3)n2)N2CCOCC2)cc1OC. The summed E-state index contributed by atoms with van der Waals surface area (Å²) in [7, 11) is 3.26. The summed E-state index contributed by atoms with van der Waals surface area (Å²) in [5, 5.41) is 6.12. The molecule has 2 heterocycles. The fourth-order valence-electron chi connectivity index (χ4n) is 4.13. The molecule has 1 amide bonds. The lowest BCUT2D eigenvalue weighted by atomic mass is 10.0. The number of amides is 1. The first-order chi connectivity index (χ1) is 16.7. The van der Waals surface area contributed by atoms with Crippen molar-refractivity contribution in [1.82, 2.24) is 15.2 Å². The smallest absolute Gasteiger partial charge is 0.226 e. The zero-order valence-electron chi connectivity index (χ0n) is 19.7. The van der Waals surface area contributed by atoms with E-state index < -0.39 is 0 Å². The van der Waals surface area contributed by atoms with E-state index in [-0.39, 0.29) is 18.4 Å². The van der Waals surface area contributed by atoms with Crippen LogP contribution in [0.1, 0.15) is 27.9 Å². The highest BCUT2D eigenvalue weighted by Gasteiger charge is 2.24. The molecule has 4 rings (SSSR count). The highest BCUT2D eigenvalue weighted by molar-refractivity contribution is 7.09. The van der Waals surface area contributed by atoms with Crippen molar-refractivity contribution in [1.29, 1.82) is 0 Å². The van der Waals surface area contributed by atoms with Crippen molar-refractivity contribution in [3.8, 4) is 11.5 Å². The molecule has 7 nitrogen and oxygen atoms in total. The highest BCUT2D eigenvalue weighted by atomic mass is 32.1. The van der Waals surface area contributed by atoms with Gasteiger partial charge in [0.15, 0.2) is 11.5 Å². The third-order valence-electron chi connectivity index (χ3n) is 5.91. The summed E-state index contributed by atoms with van der Waals surface area (Å²) in [4.78, 5) is 19.8. The number of nitrogens with one attached hydrogen (secondary N) is 1. The first-order valence-corrected chi connectivity index (χ1v) is 12.3. The minimum absolute atomic E-state index is 0.0109. The number of methoxy groups -OCH3 is 2. The quantitative estimate of drug-likeness (QED) is 0.478. The van der Waals surface area contributed by atoms with Gasteiger partial charge in [-0.25, -0.2) is 4.98 Å². The van der Waals surface area contributed by atoms with Crippen LogP contribution in [0, 0.1) is 0 Å². The van der Waals surface area contributed by atoms with Gasteiger partial charge in [0.05, 0.1) is 50.6 Å². The minimum Gasteiger partial charge on any atom is -0.493 e. The van der Waals surface area contributed by atoms with Crippen molar-refractivity contribution >= 4 is 17.2 Å². The third kappa shape index (κ3) is 6.34. The van der Waals surface area contributed by atoms with Gasteiger partial charge < -0.3 is 19.5 Å². The van der Waals surface area contributed by atoms with Crippen LogP contribution in [0.3, 0.4) is 0 Å². The molecule has 0 aliphatic carbocycles. The Labute approximate surface area is 204 Å². The minimum atomic E-state index is -0.0321. The van der Waals surface area contributed by atoms with Gasteiger partial charge in [-0.3, -0.25) is 9.69 Å². The van der Waals surface area contributed by atoms with Gasteiger partial charge >= 0.3 is 0 Å². The van der Waals surface area contributed by atoms with Gasteiger partial charge in [0.1, 0.15) is 0 Å². The third-order valence-corrected chi connectivity index (χ3v) is 6.81. The normalized spacial score (nSPS) is 15.0. The molecule has 180 valence electrons. The summed E-state index contributed by atoms with van der Waals surface area (Å²) in [6.07, 6.45) is 1.05. The molecule has 1 saturated heterocycles. The van der Waals surface area contributed by atoms with E-state index in [9.17, 15) is 4.79 Å². The summed E-state index contributed by atoms with van der Waals surface area (Å²) in [6.45, 7) is 3.48. The molecule has 0 spiro atoms. The van der Waals surface area contributed by atoms with E-state index in [0.717, 1.165) is 35.8 Å². The maximum atomic E-state index is 12.8. The number of hydrogen-bond acceptors (Lipinski definition) is 7. The van der Waals surface area contributed by atoms with Crippen molar-refractivity contribution in [2.24, 2.45) is 0 Å². The second kappa shape index (κ2) is 12.0. The van der Waals surface area contributed by atoms with Crippen LogP contribution in [0.15, 0.2) is 53.9 Å². The number of morpholine rings is 1. The van der Waals surface area contributed by atoms with Gasteiger partial charge in [0.25, 0.3) is 0 Å². The lowest BCUT2D eigenvalue weighted by Crippen LogP contribution is -2.44. The van der Waals surface area contributed by atoms with Gasteiger partial charge in [0, 0.05) is 31.4 Å². The van der Waals surface area contributed by atoms with Crippen molar-refractivity contribution < 1.29 is 19.0 Å². The molecule has 1 aliphatic heterocycles. The van der Waals surface area contributed by atoms with E-state index in [1.165, 1.54) is 5.56 Å². The number of aromatic nitrogens is 1. The summed E-state index contributed by atoms with van der Waals surface area (Å²) >= 11 is 1.60. The van der Waals surface area contributed by atoms with Gasteiger partial charge in [0.2, 0.25) is 5.91 Å². The summed E-state index contributed by atoms with van der Waals surface area (Å²) in [5.41, 5.74) is 3.09. The van der Waals surface area contributed by atoms with Crippen molar-refractivity contribution in [3.05, 3.63) is 75.7 Å². The molecule has 1 N–H and O–H groups in total. The lowest BCUT2D eigenvalue weighted by molar-refractivity contribution is -0.120. The van der Waals surface area contributed by atoms with Crippen molar-refractivity contribution in [2.45, 2.75) is 18.9 Å². The van der Waals surface area contributed by atoms with Gasteiger partial charge in [-0.05, 0) is 23.3 Å². The van der Waals surface area contributed by atoms with Crippen LogP contribution in [-0.4, -0.2) is 62.9 Å². The lowest BCUT2D eigenvalue weighted by Gasteiger charge is -2.35. The summed E-state index contributed by atoms with van der Waals surface area (Å²) in [6, 6.07) is 16.2. The Morgan fingerprint density at radius 3 is 2.62 bits per heavy atom. The number of rotatable bonds is 10. The molecule has 34 heavy (non-hydrogen) atoms. The monoisotopic (exact) mass is 481 g/mol. The molecule has 0 bridgehead atoms. The fourth-order valence-corrected chi connectivity index (χ4v) is 4.95. The van der Waals surface area contributed by atoms with E-state index in [4.69, 9.17) is 14.2 Å². The Kier molecular flexibility index (Phi) is 8.51. The van der Waals surface area contributed by atoms with E-state index in [0.29, 0.717) is 31.3 Å². The van der Waals surface area contributed by atoms with E-state index >= 15 is 0 Å². The van der Waals surface area contributed by atoms with Crippen LogP contribution >= 0.6 is 11.3 Å². The number of carbonyl (C=O) groups is 1. The number of carbonyl (C=O) groups excluding carboxylic acids is 1. The maximum Gasteiger partial charge on any atom is 0.226 e. The van der Waals surface area contributed by atoms with E-state index in [2.05, 4.69) is 27.3 Å². The number of hydrogen-bond donors (Lipinski definition) is 1. The molecule has 1 atom stereocenters. The highest BCUT2D eigenvalue weighted by Crippen LogP contribution is 2.32. The molecule has 1 fully saturated rings. The molecule has 0 saturated carbocycles. The Bertz CT molecular complexity index is 1070. The number of nitrogens with zero attached hydrogens (tertiary/aromatic N) is 2. The van der Waals surface area contributed by atoms with E-state index in [1.807, 2.05) is 41.8 Å². The maximum absolute atomic E-state index is 12.8. The zero-order chi connectivity index (χ0) is 23.8. The van der Waals surface area contributed by atoms with Gasteiger partial charge in [-0.15, -0.1) is 11.3 Å². The Hall–Kier alpha value is -2.94. The first-order valence-electron chi connectivity index (χ1n) is 11.4. The average molecular weight is 482 g/mol. The molecule has 2 aromatic carbocycles. The molecule has 8 heteroatoms. The molecule has 3 aromatic rings. The number of benzene rings is 2. The Morgan fingerprint density at radius 1 is 1.12 bits per heavy atom. The van der Waals surface area contributed by atoms with Crippen LogP contribution in [0.4, 0.5) is 0 Å². The standard InChI is InChI=1S/C26H31N3O4S/c1-31-23-9-8-20(15-24(23)32-2)22(29-10-12-33-13-11-29)17-27-25(30)16-21-18-34-26(28-21)14-19-6-4-3-5-7-19/h3-9,15,18,22H,10-14,16-17H2,1-2H3,(H,27,30). The topological polar surface area (TPSA) is 72.9 Å². The number of ether oxygens (including phenoxy) is 3. The molecule has 0 radical (unpaired) electrons. The average Bonchev–Trinajstić information content (AvgIpc) is 3.31. The van der Waals surface area contributed by atoms with Gasteiger partial charge in [-0.2, -0.15) is 0 Å². The Morgan fingerprint density at radius 2 is 1.88 bits per heavy atom. The molecule has 1 aliphatic rings. The Balaban J connectivity index is 1.40. The first kappa shape index (κ1) is 24.2. The molecule has 1 aromatic heterocycles. The molecular formula is C26H31N3O4S. The van der Waals surface area contributed by atoms with Crippen molar-refractivity contribution in [2.75, 3.05) is 47.1 Å². The predicted octanol–water partition coefficient (Wildman–Crippen LogP) is 3.48. The predicted molar refractivity (Wildman–Crippen MR) is 133 cm³/mol. The largest absolute Gasteiger partial charge is 0.493 e. The van der Waals surface area contributed by atoms with Crippen LogP contribution < -0.4 is 14.8 Å².